The number of hydrogen-bond acceptors (Lipinski definition) is 6. The van der Waals surface area contributed by atoms with E-state index < -0.39 is 9.84 Å². The molecule has 168 valence electrons. The number of aryl methyl sites for hydroxylation is 1. The van der Waals surface area contributed by atoms with E-state index >= 15 is 0 Å². The van der Waals surface area contributed by atoms with Gasteiger partial charge in [-0.05, 0) is 31.5 Å². The van der Waals surface area contributed by atoms with Crippen molar-refractivity contribution >= 4 is 26.8 Å². The van der Waals surface area contributed by atoms with Gasteiger partial charge in [0.1, 0.15) is 11.3 Å². The molecular weight excluding hydrogens is 438 g/mol. The minimum absolute atomic E-state index is 0.0729. The van der Waals surface area contributed by atoms with E-state index in [4.69, 9.17) is 0 Å². The second-order valence-electron chi connectivity index (χ2n) is 8.18. The Morgan fingerprint density at radius 3 is 2.61 bits per heavy atom. The molecule has 1 atom stereocenters. The molecular formula is C24H23N5O3S. The molecule has 1 aliphatic heterocycles. The third-order valence-electron chi connectivity index (χ3n) is 5.87. The van der Waals surface area contributed by atoms with Crippen molar-refractivity contribution in [1.29, 1.82) is 0 Å². The van der Waals surface area contributed by atoms with Crippen LogP contribution in [0.4, 0.5) is 0 Å². The number of sulfone groups is 1. The van der Waals surface area contributed by atoms with Gasteiger partial charge in [-0.2, -0.15) is 0 Å². The smallest absolute Gasteiger partial charge is 0.272 e. The first-order chi connectivity index (χ1) is 15.9. The van der Waals surface area contributed by atoms with Crippen molar-refractivity contribution < 1.29 is 13.2 Å². The summed E-state index contributed by atoms with van der Waals surface area (Å²) in [5.41, 5.74) is 3.63. The molecule has 0 aliphatic carbocycles. The first-order valence-corrected chi connectivity index (χ1v) is 12.6. The number of benzene rings is 1. The lowest BCUT2D eigenvalue weighted by Gasteiger charge is -2.14. The zero-order chi connectivity index (χ0) is 23.0. The minimum atomic E-state index is -3.09. The molecule has 0 saturated carbocycles. The van der Waals surface area contributed by atoms with Gasteiger partial charge in [-0.1, -0.05) is 36.4 Å². The number of rotatable bonds is 5. The van der Waals surface area contributed by atoms with E-state index in [2.05, 4.69) is 20.3 Å². The van der Waals surface area contributed by atoms with Crippen LogP contribution < -0.4 is 5.32 Å². The molecule has 1 unspecified atom stereocenters. The molecule has 5 rings (SSSR count). The van der Waals surface area contributed by atoms with Gasteiger partial charge < -0.3 is 9.88 Å². The van der Waals surface area contributed by atoms with Crippen LogP contribution in [0, 0.1) is 6.92 Å². The third kappa shape index (κ3) is 4.23. The van der Waals surface area contributed by atoms with Crippen LogP contribution in [0.15, 0.2) is 60.8 Å². The lowest BCUT2D eigenvalue weighted by molar-refractivity contribution is 0.0947. The summed E-state index contributed by atoms with van der Waals surface area (Å²) >= 11 is 0. The van der Waals surface area contributed by atoms with E-state index in [1.807, 2.05) is 66.1 Å². The highest BCUT2D eigenvalue weighted by Crippen LogP contribution is 2.32. The molecule has 0 radical (unpaired) electrons. The fraction of sp³-hybridized carbons (Fsp3) is 0.250. The van der Waals surface area contributed by atoms with Crippen molar-refractivity contribution in [1.82, 2.24) is 24.8 Å². The summed E-state index contributed by atoms with van der Waals surface area (Å²) < 4.78 is 26.2. The summed E-state index contributed by atoms with van der Waals surface area (Å²) in [7, 11) is -3.09. The first kappa shape index (κ1) is 21.3. The van der Waals surface area contributed by atoms with Crippen LogP contribution in [-0.2, 0) is 16.4 Å². The van der Waals surface area contributed by atoms with E-state index in [0.29, 0.717) is 29.0 Å². The second kappa shape index (κ2) is 8.40. The second-order valence-corrected chi connectivity index (χ2v) is 10.4. The van der Waals surface area contributed by atoms with Gasteiger partial charge in [0.25, 0.3) is 5.91 Å². The average molecular weight is 462 g/mol. The SMILES string of the molecule is Cc1nc2c(C(=O)NCc3ccccn3)nc(-c3ccccc3)cc2n1C1CCS(=O)(=O)C1. The van der Waals surface area contributed by atoms with E-state index in [-0.39, 0.29) is 35.7 Å². The number of aromatic nitrogens is 4. The maximum absolute atomic E-state index is 13.2. The number of fused-ring (bicyclic) bond motifs is 1. The van der Waals surface area contributed by atoms with Gasteiger partial charge in [-0.15, -0.1) is 0 Å². The molecule has 0 bridgehead atoms. The molecule has 4 heterocycles. The molecule has 8 nitrogen and oxygen atoms in total. The molecule has 33 heavy (non-hydrogen) atoms. The van der Waals surface area contributed by atoms with Crippen molar-refractivity contribution in [2.75, 3.05) is 11.5 Å². The number of nitrogens with one attached hydrogen (secondary N) is 1. The van der Waals surface area contributed by atoms with Crippen LogP contribution in [0.3, 0.4) is 0 Å². The van der Waals surface area contributed by atoms with Crippen LogP contribution in [0.2, 0.25) is 0 Å². The molecule has 1 amide bonds. The van der Waals surface area contributed by atoms with Crippen LogP contribution in [0.5, 0.6) is 0 Å². The summed E-state index contributed by atoms with van der Waals surface area (Å²) in [6.07, 6.45) is 2.20. The predicted octanol–water partition coefficient (Wildman–Crippen LogP) is 3.09. The molecule has 0 spiro atoms. The third-order valence-corrected chi connectivity index (χ3v) is 7.62. The van der Waals surface area contributed by atoms with Gasteiger partial charge in [0.2, 0.25) is 0 Å². The van der Waals surface area contributed by atoms with E-state index in [1.54, 1.807) is 6.20 Å². The predicted molar refractivity (Wildman–Crippen MR) is 125 cm³/mol. The summed E-state index contributed by atoms with van der Waals surface area (Å²) in [4.78, 5) is 26.8. The number of carbonyl (C=O) groups is 1. The zero-order valence-electron chi connectivity index (χ0n) is 18.1. The number of pyridine rings is 2. The number of imidazole rings is 1. The maximum Gasteiger partial charge on any atom is 0.272 e. The molecule has 1 saturated heterocycles. The Morgan fingerprint density at radius 1 is 1.12 bits per heavy atom. The highest BCUT2D eigenvalue weighted by atomic mass is 32.2. The van der Waals surface area contributed by atoms with E-state index in [0.717, 1.165) is 11.3 Å². The zero-order valence-corrected chi connectivity index (χ0v) is 18.9. The summed E-state index contributed by atoms with van der Waals surface area (Å²) in [6, 6.07) is 16.8. The Morgan fingerprint density at radius 2 is 1.91 bits per heavy atom. The highest BCUT2D eigenvalue weighted by Gasteiger charge is 2.32. The van der Waals surface area contributed by atoms with Gasteiger partial charge >= 0.3 is 0 Å². The quantitative estimate of drug-likeness (QED) is 0.489. The van der Waals surface area contributed by atoms with Crippen molar-refractivity contribution in [2.45, 2.75) is 25.9 Å². The van der Waals surface area contributed by atoms with Gasteiger partial charge in [0.15, 0.2) is 15.5 Å². The topological polar surface area (TPSA) is 107 Å². The number of carbonyl (C=O) groups excluding carboxylic acids is 1. The number of amides is 1. The van der Waals surface area contributed by atoms with Crippen LogP contribution in [0.1, 0.15) is 34.5 Å². The van der Waals surface area contributed by atoms with Crippen molar-refractivity contribution in [3.05, 3.63) is 78.0 Å². The molecule has 4 aromatic rings. The van der Waals surface area contributed by atoms with Gasteiger partial charge in [0, 0.05) is 11.8 Å². The van der Waals surface area contributed by atoms with Crippen molar-refractivity contribution in [2.24, 2.45) is 0 Å². The number of nitrogens with zero attached hydrogens (tertiary/aromatic N) is 4. The van der Waals surface area contributed by atoms with Crippen LogP contribution >= 0.6 is 0 Å². The number of hydrogen-bond donors (Lipinski definition) is 1. The molecule has 9 heteroatoms. The highest BCUT2D eigenvalue weighted by molar-refractivity contribution is 7.91. The Kier molecular flexibility index (Phi) is 5.41. The average Bonchev–Trinajstić information content (AvgIpc) is 3.35. The fourth-order valence-corrected chi connectivity index (χ4v) is 6.02. The summed E-state index contributed by atoms with van der Waals surface area (Å²) in [5, 5.41) is 2.89. The molecule has 1 aliphatic rings. The van der Waals surface area contributed by atoms with Crippen molar-refractivity contribution in [3.8, 4) is 11.3 Å². The van der Waals surface area contributed by atoms with Crippen LogP contribution in [0.25, 0.3) is 22.3 Å². The Balaban J connectivity index is 1.61. The molecule has 3 aromatic heterocycles. The Labute approximate surface area is 191 Å². The van der Waals surface area contributed by atoms with E-state index in [1.165, 1.54) is 0 Å². The Bertz CT molecular complexity index is 1430. The summed E-state index contributed by atoms with van der Waals surface area (Å²) in [6.45, 7) is 2.10. The molecule has 1 fully saturated rings. The summed E-state index contributed by atoms with van der Waals surface area (Å²) in [5.74, 6) is 0.541. The lowest BCUT2D eigenvalue weighted by atomic mass is 10.1. The minimum Gasteiger partial charge on any atom is -0.345 e. The van der Waals surface area contributed by atoms with Gasteiger partial charge in [-0.3, -0.25) is 9.78 Å². The van der Waals surface area contributed by atoms with E-state index in [9.17, 15) is 13.2 Å². The van der Waals surface area contributed by atoms with Crippen LogP contribution in [-0.4, -0.2) is 45.3 Å². The monoisotopic (exact) mass is 461 g/mol. The standard InChI is InChI=1S/C24H23N5O3S/c1-16-27-22-21(29(16)19-10-12-33(31,32)15-19)13-20(17-7-3-2-4-8-17)28-23(22)24(30)26-14-18-9-5-6-11-25-18/h2-9,11,13,19H,10,12,14-15H2,1H3,(H,26,30). The largest absolute Gasteiger partial charge is 0.345 e. The molecule has 1 aromatic carbocycles. The van der Waals surface area contributed by atoms with Crippen molar-refractivity contribution in [3.63, 3.8) is 0 Å². The Hall–Kier alpha value is -3.59. The van der Waals surface area contributed by atoms with Gasteiger partial charge in [-0.25, -0.2) is 18.4 Å². The fourth-order valence-electron chi connectivity index (χ4n) is 4.32. The molecule has 1 N–H and O–H groups in total. The first-order valence-electron chi connectivity index (χ1n) is 10.7. The normalized spacial score (nSPS) is 17.3. The lowest BCUT2D eigenvalue weighted by Crippen LogP contribution is -2.25. The maximum atomic E-state index is 13.2. The van der Waals surface area contributed by atoms with Gasteiger partial charge in [0.05, 0.1) is 41.0 Å².